The molecule has 3 N–H and O–H groups in total. The normalized spacial score (nSPS) is 11.6. The molecule has 7 heteroatoms. The molecule has 0 heterocycles. The minimum Gasteiger partial charge on any atom is -0.464 e. The molecule has 0 aliphatic carbocycles. The van der Waals surface area contributed by atoms with Gasteiger partial charge < -0.3 is 20.7 Å². The average molecular weight is 259 g/mol. The van der Waals surface area contributed by atoms with E-state index in [1.54, 1.807) is 6.92 Å². The summed E-state index contributed by atoms with van der Waals surface area (Å²) < 4.78 is 4.67. The molecular weight excluding hydrogens is 238 g/mol. The lowest BCUT2D eigenvalue weighted by Crippen LogP contribution is -2.51. The summed E-state index contributed by atoms with van der Waals surface area (Å²) in [5.41, 5.74) is 5.50. The number of likely N-dealkylation sites (N-methyl/N-ethyl adjacent to an activating group) is 1. The van der Waals surface area contributed by atoms with E-state index in [0.717, 1.165) is 0 Å². The number of carbonyl (C=O) groups excluding carboxylic acids is 3. The molecule has 2 amide bonds. The third-order valence-corrected chi connectivity index (χ3v) is 2.23. The van der Waals surface area contributed by atoms with Crippen molar-refractivity contribution < 1.29 is 19.1 Å². The second-order valence-corrected chi connectivity index (χ2v) is 3.66. The Labute approximate surface area is 107 Å². The van der Waals surface area contributed by atoms with E-state index >= 15 is 0 Å². The number of carbonyl (C=O) groups is 3. The number of amides is 2. The van der Waals surface area contributed by atoms with Crippen LogP contribution in [0.25, 0.3) is 0 Å². The zero-order chi connectivity index (χ0) is 14.1. The quantitative estimate of drug-likeness (QED) is 0.444. The number of esters is 1. The van der Waals surface area contributed by atoms with Gasteiger partial charge in [-0.1, -0.05) is 6.92 Å². The highest BCUT2D eigenvalue weighted by molar-refractivity contribution is 6.02. The lowest BCUT2D eigenvalue weighted by molar-refractivity contribution is -0.151. The summed E-state index contributed by atoms with van der Waals surface area (Å²) in [5, 5.41) is 2.41. The van der Waals surface area contributed by atoms with Gasteiger partial charge in [-0.3, -0.25) is 9.59 Å². The van der Waals surface area contributed by atoms with E-state index in [1.165, 1.54) is 11.9 Å². The second kappa shape index (κ2) is 8.46. The lowest BCUT2D eigenvalue weighted by Gasteiger charge is -2.23. The predicted octanol–water partition coefficient (Wildman–Crippen LogP) is -1.14. The summed E-state index contributed by atoms with van der Waals surface area (Å²) in [7, 11) is 1.47. The molecule has 0 bridgehead atoms. The lowest BCUT2D eigenvalue weighted by atomic mass is 10.2. The van der Waals surface area contributed by atoms with Crippen LogP contribution in [0.3, 0.4) is 0 Å². The smallest absolute Gasteiger partial charge is 0.332 e. The van der Waals surface area contributed by atoms with Crippen molar-refractivity contribution in [1.29, 1.82) is 0 Å². The first-order chi connectivity index (χ1) is 8.47. The highest BCUT2D eigenvalue weighted by Gasteiger charge is 2.28. The molecule has 0 aliphatic heterocycles. The van der Waals surface area contributed by atoms with Gasteiger partial charge in [-0.2, -0.15) is 0 Å². The van der Waals surface area contributed by atoms with Crippen molar-refractivity contribution in [1.82, 2.24) is 10.2 Å². The summed E-state index contributed by atoms with van der Waals surface area (Å²) in [4.78, 5) is 35.8. The van der Waals surface area contributed by atoms with Gasteiger partial charge in [-0.15, -0.1) is 0 Å². The number of nitrogens with two attached hydrogens (primary N) is 1. The van der Waals surface area contributed by atoms with Crippen LogP contribution in [0.5, 0.6) is 0 Å². The molecule has 0 aromatic carbocycles. The van der Waals surface area contributed by atoms with Crippen molar-refractivity contribution in [2.45, 2.75) is 26.3 Å². The first-order valence-electron chi connectivity index (χ1n) is 5.89. The Morgan fingerprint density at radius 1 is 1.33 bits per heavy atom. The van der Waals surface area contributed by atoms with Crippen LogP contribution in [0.2, 0.25) is 0 Å². The summed E-state index contributed by atoms with van der Waals surface area (Å²) >= 11 is 0. The molecule has 104 valence electrons. The van der Waals surface area contributed by atoms with E-state index < -0.39 is 17.9 Å². The molecule has 0 fully saturated rings. The Kier molecular flexibility index (Phi) is 7.69. The second-order valence-electron chi connectivity index (χ2n) is 3.66. The van der Waals surface area contributed by atoms with Crippen LogP contribution in [0.15, 0.2) is 0 Å². The summed E-state index contributed by atoms with van der Waals surface area (Å²) in [5.74, 6) is -1.69. The van der Waals surface area contributed by atoms with Gasteiger partial charge >= 0.3 is 5.97 Å². The van der Waals surface area contributed by atoms with Crippen molar-refractivity contribution in [2.75, 3.05) is 26.7 Å². The van der Waals surface area contributed by atoms with Gasteiger partial charge in [0, 0.05) is 13.6 Å². The van der Waals surface area contributed by atoms with Crippen molar-refractivity contribution in [3.8, 4) is 0 Å². The number of hydrogen-bond donors (Lipinski definition) is 2. The molecule has 0 rings (SSSR count). The Morgan fingerprint density at radius 2 is 1.94 bits per heavy atom. The molecule has 7 nitrogen and oxygen atoms in total. The SMILES string of the molecule is CCCN(CC(=O)NC)C(=O)C(N)C(=O)OCC. The number of nitrogens with zero attached hydrogens (tertiary/aromatic N) is 1. The van der Waals surface area contributed by atoms with Crippen molar-refractivity contribution in [3.63, 3.8) is 0 Å². The zero-order valence-electron chi connectivity index (χ0n) is 11.1. The number of nitrogens with one attached hydrogen (secondary N) is 1. The first kappa shape index (κ1) is 16.4. The first-order valence-corrected chi connectivity index (χ1v) is 5.89. The largest absolute Gasteiger partial charge is 0.464 e. The van der Waals surface area contributed by atoms with Crippen LogP contribution in [0.4, 0.5) is 0 Å². The van der Waals surface area contributed by atoms with Gasteiger partial charge in [0.2, 0.25) is 5.91 Å². The van der Waals surface area contributed by atoms with Crippen LogP contribution < -0.4 is 11.1 Å². The Hall–Kier alpha value is -1.63. The fourth-order valence-corrected chi connectivity index (χ4v) is 1.32. The molecule has 18 heavy (non-hydrogen) atoms. The highest BCUT2D eigenvalue weighted by Crippen LogP contribution is 1.98. The maximum atomic E-state index is 11.9. The fraction of sp³-hybridized carbons (Fsp3) is 0.727. The van der Waals surface area contributed by atoms with E-state index in [1.807, 2.05) is 6.92 Å². The number of ether oxygens (including phenoxy) is 1. The number of hydrogen-bond acceptors (Lipinski definition) is 5. The highest BCUT2D eigenvalue weighted by atomic mass is 16.5. The monoisotopic (exact) mass is 259 g/mol. The molecule has 0 aliphatic rings. The van der Waals surface area contributed by atoms with E-state index in [4.69, 9.17) is 5.73 Å². The molecule has 0 spiro atoms. The molecule has 0 aromatic heterocycles. The van der Waals surface area contributed by atoms with E-state index in [2.05, 4.69) is 10.1 Å². The fourth-order valence-electron chi connectivity index (χ4n) is 1.32. The summed E-state index contributed by atoms with van der Waals surface area (Å²) in [6.07, 6.45) is 0.665. The van der Waals surface area contributed by atoms with Crippen molar-refractivity contribution >= 4 is 17.8 Å². The van der Waals surface area contributed by atoms with Crippen LogP contribution in [0, 0.1) is 0 Å². The maximum Gasteiger partial charge on any atom is 0.332 e. The van der Waals surface area contributed by atoms with Gasteiger partial charge in [0.05, 0.1) is 13.2 Å². The van der Waals surface area contributed by atoms with E-state index in [-0.39, 0.29) is 19.1 Å². The standard InChI is InChI=1S/C11H21N3O4/c1-4-6-14(7-8(15)13-3)10(16)9(12)11(17)18-5-2/h9H,4-7,12H2,1-3H3,(H,13,15). The summed E-state index contributed by atoms with van der Waals surface area (Å²) in [6, 6.07) is -1.37. The van der Waals surface area contributed by atoms with Crippen molar-refractivity contribution in [3.05, 3.63) is 0 Å². The van der Waals surface area contributed by atoms with Crippen LogP contribution in [0.1, 0.15) is 20.3 Å². The average Bonchev–Trinajstić information content (AvgIpc) is 2.36. The minimum atomic E-state index is -1.37. The van der Waals surface area contributed by atoms with Crippen LogP contribution in [-0.4, -0.2) is 55.5 Å². The molecule has 0 aromatic rings. The predicted molar refractivity (Wildman–Crippen MR) is 65.5 cm³/mol. The van der Waals surface area contributed by atoms with Crippen LogP contribution >= 0.6 is 0 Å². The molecule has 1 atom stereocenters. The van der Waals surface area contributed by atoms with Gasteiger partial charge in [0.25, 0.3) is 5.91 Å². The van der Waals surface area contributed by atoms with Crippen molar-refractivity contribution in [2.24, 2.45) is 5.73 Å². The molecular formula is C11H21N3O4. The third kappa shape index (κ3) is 5.13. The van der Waals surface area contributed by atoms with E-state index in [9.17, 15) is 14.4 Å². The topological polar surface area (TPSA) is 102 Å². The van der Waals surface area contributed by atoms with Gasteiger partial charge in [0.15, 0.2) is 6.04 Å². The molecule has 0 radical (unpaired) electrons. The molecule has 0 saturated carbocycles. The van der Waals surface area contributed by atoms with Crippen LogP contribution in [-0.2, 0) is 19.1 Å². The van der Waals surface area contributed by atoms with E-state index in [0.29, 0.717) is 13.0 Å². The Bertz CT molecular complexity index is 307. The van der Waals surface area contributed by atoms with Gasteiger partial charge in [-0.05, 0) is 13.3 Å². The minimum absolute atomic E-state index is 0.115. The van der Waals surface area contributed by atoms with Gasteiger partial charge in [0.1, 0.15) is 0 Å². The Morgan fingerprint density at radius 3 is 2.39 bits per heavy atom. The summed E-state index contributed by atoms with van der Waals surface area (Å²) in [6.45, 7) is 3.89. The molecule has 1 unspecified atom stereocenters. The third-order valence-electron chi connectivity index (χ3n) is 2.23. The maximum absolute atomic E-state index is 11.9. The van der Waals surface area contributed by atoms with Gasteiger partial charge in [-0.25, -0.2) is 4.79 Å². The zero-order valence-corrected chi connectivity index (χ0v) is 11.1. The molecule has 0 saturated heterocycles. The Balaban J connectivity index is 4.63. The number of rotatable bonds is 7.